The first-order valence-electron chi connectivity index (χ1n) is 7.71. The van der Waals surface area contributed by atoms with Crippen molar-refractivity contribution in [1.82, 2.24) is 4.90 Å². The van der Waals surface area contributed by atoms with E-state index >= 15 is 0 Å². The van der Waals surface area contributed by atoms with Crippen molar-refractivity contribution in [1.29, 1.82) is 0 Å². The van der Waals surface area contributed by atoms with Crippen molar-refractivity contribution in [3.63, 3.8) is 0 Å². The number of morpholine rings is 1. The van der Waals surface area contributed by atoms with Crippen LogP contribution in [0.3, 0.4) is 0 Å². The Balaban J connectivity index is 1.65. The molecule has 2 heterocycles. The first-order valence-corrected chi connectivity index (χ1v) is 8.66. The molecule has 1 aliphatic heterocycles. The molecule has 0 unspecified atom stereocenters. The second-order valence-corrected chi connectivity index (χ2v) is 6.43. The van der Waals surface area contributed by atoms with Crippen LogP contribution >= 0.6 is 11.3 Å². The van der Waals surface area contributed by atoms with Crippen molar-refractivity contribution in [2.75, 3.05) is 19.7 Å². The van der Waals surface area contributed by atoms with Gasteiger partial charge in [0, 0.05) is 12.6 Å². The molecule has 0 spiro atoms. The molecule has 2 aromatic rings. The fourth-order valence-electron chi connectivity index (χ4n) is 2.58. The molecule has 0 N–H and O–H groups in total. The molecule has 3 rings (SSSR count). The maximum absolute atomic E-state index is 12.6. The number of benzene rings is 1. The summed E-state index contributed by atoms with van der Waals surface area (Å²) in [6.07, 6.45) is -1.52. The molecule has 132 valence electrons. The Bertz CT molecular complexity index is 739. The maximum Gasteiger partial charge on any atom is 0.416 e. The smallest absolute Gasteiger partial charge is 0.370 e. The lowest BCUT2D eigenvalue weighted by molar-refractivity contribution is -0.137. The number of halogens is 3. The van der Waals surface area contributed by atoms with Gasteiger partial charge in [-0.1, -0.05) is 12.1 Å². The minimum absolute atomic E-state index is 0.133. The van der Waals surface area contributed by atoms with E-state index in [-0.39, 0.29) is 5.91 Å². The first kappa shape index (κ1) is 17.7. The van der Waals surface area contributed by atoms with E-state index < -0.39 is 17.8 Å². The number of carbonyl (C=O) groups is 1. The summed E-state index contributed by atoms with van der Waals surface area (Å²) in [5.74, 6) is -0.133. The number of hydrogen-bond acceptors (Lipinski definition) is 3. The van der Waals surface area contributed by atoms with Crippen molar-refractivity contribution < 1.29 is 22.7 Å². The zero-order valence-corrected chi connectivity index (χ0v) is 14.0. The zero-order valence-electron chi connectivity index (χ0n) is 13.2. The van der Waals surface area contributed by atoms with Crippen LogP contribution in [0.15, 0.2) is 47.2 Å². The fraction of sp³-hybridized carbons (Fsp3) is 0.278. The van der Waals surface area contributed by atoms with Crippen LogP contribution in [-0.4, -0.2) is 30.5 Å². The number of nitrogens with zero attached hydrogens (tertiary/aromatic N) is 1. The van der Waals surface area contributed by atoms with Crippen molar-refractivity contribution in [2.45, 2.75) is 12.3 Å². The highest BCUT2D eigenvalue weighted by molar-refractivity contribution is 7.08. The Hall–Kier alpha value is -2.12. The maximum atomic E-state index is 12.6. The predicted octanol–water partition coefficient (Wildman–Crippen LogP) is 4.38. The largest absolute Gasteiger partial charge is 0.416 e. The summed E-state index contributed by atoms with van der Waals surface area (Å²) in [6, 6.07) is 6.80. The van der Waals surface area contributed by atoms with Gasteiger partial charge in [0.2, 0.25) is 5.91 Å². The second kappa shape index (κ2) is 7.41. The molecule has 0 aliphatic carbocycles. The van der Waals surface area contributed by atoms with Gasteiger partial charge in [-0.25, -0.2) is 0 Å². The Kier molecular flexibility index (Phi) is 5.24. The number of carbonyl (C=O) groups excluding carboxylic acids is 1. The molecule has 1 fully saturated rings. The molecule has 1 amide bonds. The van der Waals surface area contributed by atoms with E-state index in [9.17, 15) is 18.0 Å². The van der Waals surface area contributed by atoms with Crippen molar-refractivity contribution >= 4 is 23.3 Å². The van der Waals surface area contributed by atoms with Gasteiger partial charge < -0.3 is 9.64 Å². The molecule has 1 aromatic heterocycles. The van der Waals surface area contributed by atoms with Gasteiger partial charge in [0.05, 0.1) is 18.7 Å². The predicted molar refractivity (Wildman–Crippen MR) is 90.1 cm³/mol. The van der Waals surface area contributed by atoms with Crippen LogP contribution in [0.5, 0.6) is 0 Å². The average molecular weight is 367 g/mol. The van der Waals surface area contributed by atoms with E-state index in [1.165, 1.54) is 18.2 Å². The summed E-state index contributed by atoms with van der Waals surface area (Å²) < 4.78 is 43.5. The standard InChI is InChI=1S/C18H16F3NO2S/c19-18(20,21)15-4-2-14(3-5-15)16-11-22(8-9-24-16)17(23)6-1-13-7-10-25-12-13/h1-7,10,12,16H,8-9,11H2/b6-1+/t16-/m0/s1. The van der Waals surface area contributed by atoms with Crippen LogP contribution in [0.4, 0.5) is 13.2 Å². The lowest BCUT2D eigenvalue weighted by atomic mass is 10.1. The number of thiophene rings is 1. The molecule has 7 heteroatoms. The van der Waals surface area contributed by atoms with E-state index in [0.29, 0.717) is 25.3 Å². The summed E-state index contributed by atoms with van der Waals surface area (Å²) >= 11 is 1.55. The molecular formula is C18H16F3NO2S. The second-order valence-electron chi connectivity index (χ2n) is 5.65. The van der Waals surface area contributed by atoms with Crippen LogP contribution in [0, 0.1) is 0 Å². The van der Waals surface area contributed by atoms with Crippen molar-refractivity contribution in [2.24, 2.45) is 0 Å². The molecule has 0 radical (unpaired) electrons. The number of amides is 1. The third-order valence-electron chi connectivity index (χ3n) is 3.95. The molecule has 1 saturated heterocycles. The normalized spacial score (nSPS) is 18.7. The monoisotopic (exact) mass is 367 g/mol. The van der Waals surface area contributed by atoms with Gasteiger partial charge in [0.25, 0.3) is 0 Å². The summed E-state index contributed by atoms with van der Waals surface area (Å²) in [6.45, 7) is 1.13. The number of rotatable bonds is 3. The quantitative estimate of drug-likeness (QED) is 0.754. The van der Waals surface area contributed by atoms with Gasteiger partial charge in [-0.15, -0.1) is 0 Å². The Labute approximate surface area is 147 Å². The molecule has 1 atom stereocenters. The highest BCUT2D eigenvalue weighted by atomic mass is 32.1. The molecule has 1 aliphatic rings. The molecular weight excluding hydrogens is 351 g/mol. The molecule has 3 nitrogen and oxygen atoms in total. The lowest BCUT2D eigenvalue weighted by Gasteiger charge is -2.32. The van der Waals surface area contributed by atoms with Crippen molar-refractivity contribution in [3.05, 3.63) is 63.9 Å². The highest BCUT2D eigenvalue weighted by Gasteiger charge is 2.31. The van der Waals surface area contributed by atoms with Gasteiger partial charge >= 0.3 is 6.18 Å². The van der Waals surface area contributed by atoms with Crippen LogP contribution in [-0.2, 0) is 15.7 Å². The van der Waals surface area contributed by atoms with Gasteiger partial charge in [-0.05, 0) is 46.2 Å². The van der Waals surface area contributed by atoms with E-state index in [0.717, 1.165) is 17.7 Å². The van der Waals surface area contributed by atoms with Crippen molar-refractivity contribution in [3.8, 4) is 0 Å². The molecule has 1 aromatic carbocycles. The summed E-state index contributed by atoms with van der Waals surface area (Å²) in [5, 5.41) is 3.87. The van der Waals surface area contributed by atoms with E-state index in [2.05, 4.69) is 0 Å². The minimum atomic E-state index is -4.36. The first-order chi connectivity index (χ1) is 11.9. The summed E-state index contributed by atoms with van der Waals surface area (Å²) in [4.78, 5) is 13.9. The average Bonchev–Trinajstić information content (AvgIpc) is 3.13. The zero-order chi connectivity index (χ0) is 17.9. The third-order valence-corrected chi connectivity index (χ3v) is 4.65. The fourth-order valence-corrected chi connectivity index (χ4v) is 3.21. The van der Waals surface area contributed by atoms with Gasteiger partial charge in [0.1, 0.15) is 6.10 Å². The molecule has 25 heavy (non-hydrogen) atoms. The molecule has 0 bridgehead atoms. The van der Waals surface area contributed by atoms with Gasteiger partial charge in [-0.3, -0.25) is 4.79 Å². The third kappa shape index (κ3) is 4.49. The topological polar surface area (TPSA) is 29.5 Å². The highest BCUT2D eigenvalue weighted by Crippen LogP contribution is 2.31. The summed E-state index contributed by atoms with van der Waals surface area (Å²) in [5.41, 5.74) is 0.900. The van der Waals surface area contributed by atoms with Crippen LogP contribution in [0.2, 0.25) is 0 Å². The SMILES string of the molecule is O=C(/C=C/c1ccsc1)N1CCO[C@H](c2ccc(C(F)(F)F)cc2)C1. The van der Waals surface area contributed by atoms with E-state index in [1.54, 1.807) is 22.3 Å². The molecule has 0 saturated carbocycles. The minimum Gasteiger partial charge on any atom is -0.370 e. The van der Waals surface area contributed by atoms with E-state index in [1.807, 2.05) is 16.8 Å². The van der Waals surface area contributed by atoms with Crippen LogP contribution in [0.1, 0.15) is 22.8 Å². The lowest BCUT2D eigenvalue weighted by Crippen LogP contribution is -2.41. The number of alkyl halides is 3. The van der Waals surface area contributed by atoms with Gasteiger partial charge in [-0.2, -0.15) is 24.5 Å². The summed E-state index contributed by atoms with van der Waals surface area (Å²) in [7, 11) is 0. The van der Waals surface area contributed by atoms with Crippen LogP contribution in [0.25, 0.3) is 6.08 Å². The Morgan fingerprint density at radius 3 is 2.64 bits per heavy atom. The van der Waals surface area contributed by atoms with Gasteiger partial charge in [0.15, 0.2) is 0 Å². The van der Waals surface area contributed by atoms with E-state index in [4.69, 9.17) is 4.74 Å². The Morgan fingerprint density at radius 1 is 1.24 bits per heavy atom. The van der Waals surface area contributed by atoms with Crippen LogP contribution < -0.4 is 0 Å². The number of ether oxygens (including phenoxy) is 1. The number of hydrogen-bond donors (Lipinski definition) is 0. The Morgan fingerprint density at radius 2 is 2.00 bits per heavy atom.